The first-order valence-corrected chi connectivity index (χ1v) is 6.96. The Morgan fingerprint density at radius 3 is 2.70 bits per heavy atom. The predicted octanol–water partition coefficient (Wildman–Crippen LogP) is 2.29. The number of carbonyl (C=O) groups excluding carboxylic acids is 1. The number of carboxylic acids is 1. The Labute approximate surface area is 118 Å². The second kappa shape index (κ2) is 6.03. The van der Waals surface area contributed by atoms with Crippen molar-refractivity contribution in [2.75, 3.05) is 0 Å². The van der Waals surface area contributed by atoms with Gasteiger partial charge in [0.25, 0.3) is 0 Å². The average molecular weight is 276 g/mol. The van der Waals surface area contributed by atoms with E-state index in [0.717, 1.165) is 18.4 Å². The molecule has 1 aromatic rings. The Morgan fingerprint density at radius 2 is 2.15 bits per heavy atom. The van der Waals surface area contributed by atoms with E-state index < -0.39 is 11.4 Å². The fourth-order valence-electron chi connectivity index (χ4n) is 2.83. The molecule has 1 fully saturated rings. The zero-order chi connectivity index (χ0) is 14.6. The molecule has 0 unspecified atom stereocenters. The van der Waals surface area contributed by atoms with Crippen LogP contribution in [-0.2, 0) is 9.59 Å². The highest BCUT2D eigenvalue weighted by atomic mass is 16.4. The third kappa shape index (κ3) is 3.15. The van der Waals surface area contributed by atoms with Gasteiger partial charge in [-0.1, -0.05) is 18.9 Å². The molecule has 0 bridgehead atoms. The van der Waals surface area contributed by atoms with Gasteiger partial charge in [0, 0.05) is 18.8 Å². The Kier molecular flexibility index (Phi) is 4.37. The predicted molar refractivity (Wildman–Crippen MR) is 73.9 cm³/mol. The molecule has 0 spiro atoms. The maximum atomic E-state index is 12.1. The molecule has 0 aromatic carbocycles. The van der Waals surface area contributed by atoms with Crippen LogP contribution in [0.5, 0.6) is 0 Å². The second-order valence-corrected chi connectivity index (χ2v) is 5.54. The van der Waals surface area contributed by atoms with Crippen molar-refractivity contribution in [3.63, 3.8) is 0 Å². The molecular formula is C15H20N2O3. The number of hydrogen-bond donors (Lipinski definition) is 2. The Hall–Kier alpha value is -1.91. The fourth-order valence-corrected chi connectivity index (χ4v) is 2.83. The summed E-state index contributed by atoms with van der Waals surface area (Å²) < 4.78 is 0. The van der Waals surface area contributed by atoms with Gasteiger partial charge in [0.15, 0.2) is 0 Å². The highest BCUT2D eigenvalue weighted by Crippen LogP contribution is 2.41. The lowest BCUT2D eigenvalue weighted by Gasteiger charge is -2.24. The summed E-state index contributed by atoms with van der Waals surface area (Å²) in [6.45, 7) is 1.87. The number of carboxylic acid groups (broad SMARTS) is 1. The van der Waals surface area contributed by atoms with Crippen molar-refractivity contribution in [3.05, 3.63) is 30.1 Å². The number of aliphatic carboxylic acids is 1. The van der Waals surface area contributed by atoms with Crippen molar-refractivity contribution < 1.29 is 14.7 Å². The van der Waals surface area contributed by atoms with E-state index in [2.05, 4.69) is 10.3 Å². The number of nitrogens with one attached hydrogen (secondary N) is 1. The molecule has 2 N–H and O–H groups in total. The molecule has 1 aromatic heterocycles. The van der Waals surface area contributed by atoms with Gasteiger partial charge in [-0.3, -0.25) is 14.6 Å². The van der Waals surface area contributed by atoms with E-state index in [1.165, 1.54) is 0 Å². The van der Waals surface area contributed by atoms with Gasteiger partial charge in [-0.15, -0.1) is 0 Å². The SMILES string of the molecule is C[C@H](NC(=O)CC1(C(=O)O)CCCC1)c1cccnc1. The second-order valence-electron chi connectivity index (χ2n) is 5.54. The van der Waals surface area contributed by atoms with Crippen molar-refractivity contribution in [3.8, 4) is 0 Å². The van der Waals surface area contributed by atoms with Crippen molar-refractivity contribution in [1.82, 2.24) is 10.3 Å². The van der Waals surface area contributed by atoms with E-state index in [-0.39, 0.29) is 18.4 Å². The Balaban J connectivity index is 1.97. The topological polar surface area (TPSA) is 79.3 Å². The van der Waals surface area contributed by atoms with Crippen molar-refractivity contribution in [2.24, 2.45) is 5.41 Å². The molecule has 1 atom stereocenters. The minimum absolute atomic E-state index is 0.0624. The number of carbonyl (C=O) groups is 2. The van der Waals surface area contributed by atoms with E-state index in [9.17, 15) is 14.7 Å². The van der Waals surface area contributed by atoms with E-state index >= 15 is 0 Å². The summed E-state index contributed by atoms with van der Waals surface area (Å²) in [5.74, 6) is -1.05. The van der Waals surface area contributed by atoms with Gasteiger partial charge in [-0.05, 0) is 31.4 Å². The van der Waals surface area contributed by atoms with Gasteiger partial charge < -0.3 is 10.4 Å². The summed E-state index contributed by atoms with van der Waals surface area (Å²) in [4.78, 5) is 27.5. The van der Waals surface area contributed by atoms with Crippen LogP contribution in [0.4, 0.5) is 0 Å². The number of hydrogen-bond acceptors (Lipinski definition) is 3. The van der Waals surface area contributed by atoms with Crippen LogP contribution in [0.1, 0.15) is 50.6 Å². The van der Waals surface area contributed by atoms with Gasteiger partial charge in [-0.2, -0.15) is 0 Å². The van der Waals surface area contributed by atoms with Crippen molar-refractivity contribution in [2.45, 2.75) is 45.1 Å². The molecule has 1 saturated carbocycles. The van der Waals surface area contributed by atoms with Crippen LogP contribution in [0, 0.1) is 5.41 Å². The normalized spacial score (nSPS) is 18.4. The van der Waals surface area contributed by atoms with Crippen LogP contribution in [-0.4, -0.2) is 22.0 Å². The van der Waals surface area contributed by atoms with Crippen LogP contribution in [0.3, 0.4) is 0 Å². The fraction of sp³-hybridized carbons (Fsp3) is 0.533. The molecule has 5 nitrogen and oxygen atoms in total. The quantitative estimate of drug-likeness (QED) is 0.864. The zero-order valence-electron chi connectivity index (χ0n) is 11.6. The molecule has 1 heterocycles. The number of pyridine rings is 1. The Bertz CT molecular complexity index is 481. The van der Waals surface area contributed by atoms with Gasteiger partial charge in [0.2, 0.25) is 5.91 Å². The molecule has 0 aliphatic heterocycles. The maximum absolute atomic E-state index is 12.1. The summed E-state index contributed by atoms with van der Waals surface area (Å²) in [5.41, 5.74) is 0.0512. The summed E-state index contributed by atoms with van der Waals surface area (Å²) in [7, 11) is 0. The summed E-state index contributed by atoms with van der Waals surface area (Å²) >= 11 is 0. The molecule has 0 saturated heterocycles. The summed E-state index contributed by atoms with van der Waals surface area (Å²) in [5, 5.41) is 12.2. The lowest BCUT2D eigenvalue weighted by atomic mass is 9.82. The first-order chi connectivity index (χ1) is 9.53. The molecule has 0 radical (unpaired) electrons. The summed E-state index contributed by atoms with van der Waals surface area (Å²) in [6.07, 6.45) is 6.40. The zero-order valence-corrected chi connectivity index (χ0v) is 11.6. The molecule has 108 valence electrons. The van der Waals surface area contributed by atoms with Gasteiger partial charge >= 0.3 is 5.97 Å². The molecule has 1 amide bonds. The van der Waals surface area contributed by atoms with E-state index in [1.54, 1.807) is 12.4 Å². The lowest BCUT2D eigenvalue weighted by molar-refractivity contribution is -0.151. The monoisotopic (exact) mass is 276 g/mol. The smallest absolute Gasteiger partial charge is 0.310 e. The molecule has 5 heteroatoms. The van der Waals surface area contributed by atoms with Crippen LogP contribution >= 0.6 is 0 Å². The van der Waals surface area contributed by atoms with Crippen LogP contribution in [0.25, 0.3) is 0 Å². The van der Waals surface area contributed by atoms with Crippen LogP contribution in [0.15, 0.2) is 24.5 Å². The molecule has 20 heavy (non-hydrogen) atoms. The third-order valence-electron chi connectivity index (χ3n) is 4.08. The highest BCUT2D eigenvalue weighted by molar-refractivity contribution is 5.85. The van der Waals surface area contributed by atoms with E-state index in [0.29, 0.717) is 12.8 Å². The number of rotatable bonds is 5. The average Bonchev–Trinajstić information content (AvgIpc) is 2.89. The van der Waals surface area contributed by atoms with E-state index in [4.69, 9.17) is 0 Å². The van der Waals surface area contributed by atoms with Gasteiger partial charge in [0.1, 0.15) is 0 Å². The summed E-state index contributed by atoms with van der Waals surface area (Å²) in [6, 6.07) is 3.54. The van der Waals surface area contributed by atoms with Crippen LogP contribution < -0.4 is 5.32 Å². The number of aromatic nitrogens is 1. The molecule has 2 rings (SSSR count). The minimum atomic E-state index is -0.862. The first-order valence-electron chi connectivity index (χ1n) is 6.96. The van der Waals surface area contributed by atoms with E-state index in [1.807, 2.05) is 19.1 Å². The lowest BCUT2D eigenvalue weighted by Crippen LogP contribution is -2.36. The Morgan fingerprint density at radius 1 is 1.45 bits per heavy atom. The molecule has 1 aliphatic carbocycles. The number of nitrogens with zero attached hydrogens (tertiary/aromatic N) is 1. The van der Waals surface area contributed by atoms with Crippen LogP contribution in [0.2, 0.25) is 0 Å². The largest absolute Gasteiger partial charge is 0.481 e. The first kappa shape index (κ1) is 14.5. The van der Waals surface area contributed by atoms with Gasteiger partial charge in [-0.25, -0.2) is 0 Å². The standard InChI is InChI=1S/C15H20N2O3/c1-11(12-5-4-8-16-10-12)17-13(18)9-15(14(19)20)6-2-3-7-15/h4-5,8,10-11H,2-3,6-7,9H2,1H3,(H,17,18)(H,19,20)/t11-/m0/s1. The highest BCUT2D eigenvalue weighted by Gasteiger charge is 2.43. The minimum Gasteiger partial charge on any atom is -0.481 e. The maximum Gasteiger partial charge on any atom is 0.310 e. The molecular weight excluding hydrogens is 256 g/mol. The number of amides is 1. The van der Waals surface area contributed by atoms with Gasteiger partial charge in [0.05, 0.1) is 11.5 Å². The molecule has 1 aliphatic rings. The van der Waals surface area contributed by atoms with Crippen molar-refractivity contribution >= 4 is 11.9 Å². The third-order valence-corrected chi connectivity index (χ3v) is 4.08. The van der Waals surface area contributed by atoms with Crippen molar-refractivity contribution in [1.29, 1.82) is 0 Å².